The number of para-hydroxylation sites is 1. The standard InChI is InChI=1S/C15H23NO2/c1-14(2)10-13(11-15(3,4)16(14)17)18-12-8-6-5-7-9-12/h5-9,13,17H,10-11H2,1-4H3. The van der Waals surface area contributed by atoms with Crippen molar-refractivity contribution >= 4 is 0 Å². The van der Waals surface area contributed by atoms with Crippen LogP contribution in [-0.4, -0.2) is 27.5 Å². The van der Waals surface area contributed by atoms with Crippen LogP contribution in [0.4, 0.5) is 0 Å². The Labute approximate surface area is 109 Å². The van der Waals surface area contributed by atoms with Crippen LogP contribution in [0.25, 0.3) is 0 Å². The van der Waals surface area contributed by atoms with Gasteiger partial charge < -0.3 is 9.94 Å². The van der Waals surface area contributed by atoms with Crippen molar-refractivity contribution in [2.45, 2.75) is 57.7 Å². The number of hydroxylamine groups is 2. The van der Waals surface area contributed by atoms with Gasteiger partial charge in [0.05, 0.1) is 0 Å². The molecule has 1 aromatic carbocycles. The lowest BCUT2D eigenvalue weighted by atomic mass is 9.80. The highest BCUT2D eigenvalue weighted by Crippen LogP contribution is 2.38. The second-order valence-electron chi connectivity index (χ2n) is 6.40. The Bertz CT molecular complexity index is 382. The predicted molar refractivity (Wildman–Crippen MR) is 71.9 cm³/mol. The molecule has 0 radical (unpaired) electrons. The monoisotopic (exact) mass is 249 g/mol. The normalized spacial score (nSPS) is 23.8. The summed E-state index contributed by atoms with van der Waals surface area (Å²) in [4.78, 5) is 0. The Balaban J connectivity index is 2.12. The van der Waals surface area contributed by atoms with Crippen LogP contribution in [0.3, 0.4) is 0 Å². The molecule has 0 aliphatic carbocycles. The molecule has 0 atom stereocenters. The van der Waals surface area contributed by atoms with Crippen molar-refractivity contribution < 1.29 is 9.94 Å². The zero-order valence-corrected chi connectivity index (χ0v) is 11.7. The zero-order chi connectivity index (χ0) is 13.4. The van der Waals surface area contributed by atoms with Gasteiger partial charge in [-0.25, -0.2) is 0 Å². The van der Waals surface area contributed by atoms with E-state index < -0.39 is 0 Å². The molecule has 2 rings (SSSR count). The summed E-state index contributed by atoms with van der Waals surface area (Å²) < 4.78 is 6.04. The van der Waals surface area contributed by atoms with Gasteiger partial charge in [0.15, 0.2) is 0 Å². The van der Waals surface area contributed by atoms with Crippen LogP contribution in [0.15, 0.2) is 30.3 Å². The molecule has 100 valence electrons. The van der Waals surface area contributed by atoms with Crippen molar-refractivity contribution in [2.75, 3.05) is 0 Å². The topological polar surface area (TPSA) is 32.7 Å². The van der Waals surface area contributed by atoms with Gasteiger partial charge in [0, 0.05) is 23.9 Å². The van der Waals surface area contributed by atoms with Crippen LogP contribution in [-0.2, 0) is 0 Å². The number of ether oxygens (including phenoxy) is 1. The van der Waals surface area contributed by atoms with Gasteiger partial charge in [-0.2, -0.15) is 5.06 Å². The summed E-state index contributed by atoms with van der Waals surface area (Å²) in [6.07, 6.45) is 1.78. The van der Waals surface area contributed by atoms with Gasteiger partial charge in [-0.1, -0.05) is 18.2 Å². The number of piperidine rings is 1. The summed E-state index contributed by atoms with van der Waals surface area (Å²) in [6.45, 7) is 8.20. The number of hydrogen-bond acceptors (Lipinski definition) is 3. The van der Waals surface area contributed by atoms with E-state index in [1.807, 2.05) is 30.3 Å². The summed E-state index contributed by atoms with van der Waals surface area (Å²) >= 11 is 0. The summed E-state index contributed by atoms with van der Waals surface area (Å²) in [5.41, 5.74) is -0.525. The van der Waals surface area contributed by atoms with Crippen LogP contribution < -0.4 is 4.74 Å². The largest absolute Gasteiger partial charge is 0.490 e. The molecule has 0 saturated carbocycles. The highest BCUT2D eigenvalue weighted by molar-refractivity contribution is 5.21. The van der Waals surface area contributed by atoms with Crippen molar-refractivity contribution in [3.05, 3.63) is 30.3 Å². The fraction of sp³-hybridized carbons (Fsp3) is 0.600. The molecule has 3 nitrogen and oxygen atoms in total. The van der Waals surface area contributed by atoms with Gasteiger partial charge in [0.1, 0.15) is 11.9 Å². The third-order valence-electron chi connectivity index (χ3n) is 3.65. The second-order valence-corrected chi connectivity index (χ2v) is 6.40. The number of benzene rings is 1. The molecule has 1 heterocycles. The lowest BCUT2D eigenvalue weighted by Gasteiger charge is -2.51. The number of rotatable bonds is 2. The Morgan fingerprint density at radius 2 is 1.56 bits per heavy atom. The molecule has 0 spiro atoms. The van der Waals surface area contributed by atoms with Gasteiger partial charge in [0.25, 0.3) is 0 Å². The molecule has 0 bridgehead atoms. The van der Waals surface area contributed by atoms with E-state index >= 15 is 0 Å². The van der Waals surface area contributed by atoms with Crippen LogP contribution in [0.1, 0.15) is 40.5 Å². The molecule has 1 N–H and O–H groups in total. The Morgan fingerprint density at radius 3 is 2.06 bits per heavy atom. The second kappa shape index (κ2) is 4.56. The first-order chi connectivity index (χ1) is 8.31. The minimum absolute atomic E-state index is 0.140. The average Bonchev–Trinajstić information content (AvgIpc) is 2.26. The Morgan fingerprint density at radius 1 is 1.06 bits per heavy atom. The first kappa shape index (κ1) is 13.4. The van der Waals surface area contributed by atoms with Crippen LogP contribution in [0.2, 0.25) is 0 Å². The van der Waals surface area contributed by atoms with E-state index in [0.29, 0.717) is 0 Å². The fourth-order valence-corrected chi connectivity index (χ4v) is 2.95. The van der Waals surface area contributed by atoms with Gasteiger partial charge in [-0.05, 0) is 39.8 Å². The maximum Gasteiger partial charge on any atom is 0.119 e. The molecule has 0 aromatic heterocycles. The van der Waals surface area contributed by atoms with Crippen LogP contribution in [0.5, 0.6) is 5.75 Å². The zero-order valence-electron chi connectivity index (χ0n) is 11.7. The molecule has 0 amide bonds. The number of hydrogen-bond donors (Lipinski definition) is 1. The van der Waals surface area contributed by atoms with Crippen LogP contribution in [0, 0.1) is 0 Å². The highest BCUT2D eigenvalue weighted by Gasteiger charge is 2.45. The van der Waals surface area contributed by atoms with Gasteiger partial charge >= 0.3 is 0 Å². The van der Waals surface area contributed by atoms with Crippen molar-refractivity contribution in [1.82, 2.24) is 5.06 Å². The van der Waals surface area contributed by atoms with Gasteiger partial charge in [-0.15, -0.1) is 0 Å². The Kier molecular flexibility index (Phi) is 3.39. The van der Waals surface area contributed by atoms with E-state index in [-0.39, 0.29) is 17.2 Å². The summed E-state index contributed by atoms with van der Waals surface area (Å²) in [5, 5.41) is 11.7. The molecule has 1 aliphatic heterocycles. The van der Waals surface area contributed by atoms with E-state index in [1.165, 1.54) is 5.06 Å². The molecule has 3 heteroatoms. The minimum atomic E-state index is -0.263. The minimum Gasteiger partial charge on any atom is -0.490 e. The van der Waals surface area contributed by atoms with E-state index in [9.17, 15) is 5.21 Å². The first-order valence-electron chi connectivity index (χ1n) is 6.52. The molecule has 1 fully saturated rings. The van der Waals surface area contributed by atoms with Crippen molar-refractivity contribution in [3.8, 4) is 5.75 Å². The van der Waals surface area contributed by atoms with E-state index in [0.717, 1.165) is 18.6 Å². The van der Waals surface area contributed by atoms with E-state index in [2.05, 4.69) is 27.7 Å². The number of nitrogens with zero attached hydrogens (tertiary/aromatic N) is 1. The Hall–Kier alpha value is -1.06. The van der Waals surface area contributed by atoms with Crippen molar-refractivity contribution in [2.24, 2.45) is 0 Å². The summed E-state index contributed by atoms with van der Waals surface area (Å²) in [5.74, 6) is 0.903. The van der Waals surface area contributed by atoms with Crippen LogP contribution >= 0.6 is 0 Å². The SMILES string of the molecule is CC1(C)CC(Oc2ccccc2)CC(C)(C)N1O. The van der Waals surface area contributed by atoms with Crippen molar-refractivity contribution in [1.29, 1.82) is 0 Å². The fourth-order valence-electron chi connectivity index (χ4n) is 2.95. The van der Waals surface area contributed by atoms with E-state index in [1.54, 1.807) is 0 Å². The third-order valence-corrected chi connectivity index (χ3v) is 3.65. The average molecular weight is 249 g/mol. The first-order valence-corrected chi connectivity index (χ1v) is 6.52. The third kappa shape index (κ3) is 2.68. The predicted octanol–water partition coefficient (Wildman–Crippen LogP) is 3.48. The molecule has 1 saturated heterocycles. The quantitative estimate of drug-likeness (QED) is 0.871. The molecule has 1 aromatic rings. The summed E-state index contributed by atoms with van der Waals surface area (Å²) in [6, 6.07) is 9.90. The van der Waals surface area contributed by atoms with Crippen molar-refractivity contribution in [3.63, 3.8) is 0 Å². The molecule has 1 aliphatic rings. The smallest absolute Gasteiger partial charge is 0.119 e. The maximum absolute atomic E-state index is 10.2. The summed E-state index contributed by atoms with van der Waals surface area (Å²) in [7, 11) is 0. The molecular formula is C15H23NO2. The maximum atomic E-state index is 10.2. The highest BCUT2D eigenvalue weighted by atomic mass is 16.5. The molecular weight excluding hydrogens is 226 g/mol. The van der Waals surface area contributed by atoms with Gasteiger partial charge in [-0.3, -0.25) is 0 Å². The lowest BCUT2D eigenvalue weighted by molar-refractivity contribution is -0.254. The van der Waals surface area contributed by atoms with Gasteiger partial charge in [0.2, 0.25) is 0 Å². The molecule has 0 unspecified atom stereocenters. The molecule has 18 heavy (non-hydrogen) atoms. The lowest BCUT2D eigenvalue weighted by Crippen LogP contribution is -2.61. The van der Waals surface area contributed by atoms with E-state index in [4.69, 9.17) is 4.74 Å².